The van der Waals surface area contributed by atoms with E-state index in [1.165, 1.54) is 11.3 Å². The molecule has 10 heavy (non-hydrogen) atoms. The number of rotatable bonds is 2. The number of carbonyl (C=O) groups is 1. The smallest absolute Gasteiger partial charge is 0.345 e. The monoisotopic (exact) mass is 174 g/mol. The number of thiol groups is 1. The fraction of sp³-hybridized carbons (Fsp3) is 0.167. The summed E-state index contributed by atoms with van der Waals surface area (Å²) in [5.74, 6) is -0.254. The first kappa shape index (κ1) is 7.63. The van der Waals surface area contributed by atoms with Crippen molar-refractivity contribution in [1.29, 1.82) is 0 Å². The average Bonchev–Trinajstić information content (AvgIpc) is 2.34. The maximum absolute atomic E-state index is 10.3. The molecule has 0 bridgehead atoms. The van der Waals surface area contributed by atoms with Crippen LogP contribution in [-0.2, 0) is 5.75 Å². The number of aromatic carboxylic acids is 1. The van der Waals surface area contributed by atoms with E-state index in [-0.39, 0.29) is 0 Å². The van der Waals surface area contributed by atoms with Gasteiger partial charge in [0, 0.05) is 10.6 Å². The standard InChI is InChI=1S/C6H6O2S2/c7-6(8)5-2-1-4(3-9)10-5/h1-2,9H,3H2,(H,7,8). The zero-order chi connectivity index (χ0) is 7.56. The van der Waals surface area contributed by atoms with E-state index in [1.807, 2.05) is 0 Å². The van der Waals surface area contributed by atoms with E-state index in [0.29, 0.717) is 10.6 Å². The van der Waals surface area contributed by atoms with Gasteiger partial charge in [-0.2, -0.15) is 12.6 Å². The zero-order valence-corrected chi connectivity index (χ0v) is 6.78. The summed E-state index contributed by atoms with van der Waals surface area (Å²) in [6, 6.07) is 3.37. The molecule has 1 N–H and O–H groups in total. The molecule has 0 unspecified atom stereocenters. The highest BCUT2D eigenvalue weighted by atomic mass is 32.1. The van der Waals surface area contributed by atoms with Crippen LogP contribution >= 0.6 is 24.0 Å². The van der Waals surface area contributed by atoms with Gasteiger partial charge in [-0.15, -0.1) is 11.3 Å². The lowest BCUT2D eigenvalue weighted by Crippen LogP contribution is -1.89. The second-order valence-corrected chi connectivity index (χ2v) is 3.21. The largest absolute Gasteiger partial charge is 0.477 e. The third-order valence-electron chi connectivity index (χ3n) is 1.03. The minimum absolute atomic E-state index is 0.379. The van der Waals surface area contributed by atoms with Crippen molar-refractivity contribution in [3.8, 4) is 0 Å². The van der Waals surface area contributed by atoms with Crippen molar-refractivity contribution in [2.45, 2.75) is 5.75 Å². The molecule has 0 aliphatic rings. The SMILES string of the molecule is O=C(O)c1ccc(CS)s1. The summed E-state index contributed by atoms with van der Waals surface area (Å²) in [5.41, 5.74) is 0. The van der Waals surface area contributed by atoms with E-state index in [9.17, 15) is 4.79 Å². The number of thiophene rings is 1. The first-order valence-corrected chi connectivity index (χ1v) is 4.12. The Labute approximate surface area is 67.9 Å². The third-order valence-corrected chi connectivity index (χ3v) is 2.66. The normalized spacial score (nSPS) is 9.70. The molecular formula is C6H6O2S2. The molecule has 1 aromatic heterocycles. The molecule has 54 valence electrons. The molecule has 1 heterocycles. The molecule has 1 aromatic rings. The Balaban J connectivity index is 2.88. The Morgan fingerprint density at radius 3 is 2.70 bits per heavy atom. The lowest BCUT2D eigenvalue weighted by Gasteiger charge is -1.83. The Morgan fingerprint density at radius 1 is 1.70 bits per heavy atom. The van der Waals surface area contributed by atoms with Gasteiger partial charge in [-0.05, 0) is 12.1 Å². The van der Waals surface area contributed by atoms with Crippen LogP contribution in [0.3, 0.4) is 0 Å². The summed E-state index contributed by atoms with van der Waals surface area (Å²) in [6.45, 7) is 0. The van der Waals surface area contributed by atoms with Crippen LogP contribution in [0.1, 0.15) is 14.5 Å². The van der Waals surface area contributed by atoms with Gasteiger partial charge in [-0.3, -0.25) is 0 Å². The Kier molecular flexibility index (Phi) is 2.34. The van der Waals surface area contributed by atoms with Gasteiger partial charge in [-0.25, -0.2) is 4.79 Å². The van der Waals surface area contributed by atoms with Crippen LogP contribution in [0, 0.1) is 0 Å². The topological polar surface area (TPSA) is 37.3 Å². The van der Waals surface area contributed by atoms with Gasteiger partial charge in [0.15, 0.2) is 0 Å². The summed E-state index contributed by atoms with van der Waals surface area (Å²) >= 11 is 5.27. The van der Waals surface area contributed by atoms with Crippen molar-refractivity contribution in [3.05, 3.63) is 21.9 Å². The van der Waals surface area contributed by atoms with Gasteiger partial charge in [0.25, 0.3) is 0 Å². The minimum atomic E-state index is -0.863. The van der Waals surface area contributed by atoms with Crippen molar-refractivity contribution in [2.75, 3.05) is 0 Å². The minimum Gasteiger partial charge on any atom is -0.477 e. The Bertz CT molecular complexity index is 242. The van der Waals surface area contributed by atoms with Gasteiger partial charge in [0.1, 0.15) is 4.88 Å². The summed E-state index contributed by atoms with van der Waals surface area (Å²) in [7, 11) is 0. The predicted molar refractivity (Wildman–Crippen MR) is 44.0 cm³/mol. The molecule has 0 fully saturated rings. The number of hydrogen-bond donors (Lipinski definition) is 2. The van der Waals surface area contributed by atoms with Crippen LogP contribution in [0.4, 0.5) is 0 Å². The van der Waals surface area contributed by atoms with Gasteiger partial charge in [-0.1, -0.05) is 0 Å². The molecule has 2 nitrogen and oxygen atoms in total. The molecule has 0 aromatic carbocycles. The molecular weight excluding hydrogens is 168 g/mol. The second kappa shape index (κ2) is 3.07. The molecule has 0 saturated carbocycles. The van der Waals surface area contributed by atoms with Gasteiger partial charge < -0.3 is 5.11 Å². The lowest BCUT2D eigenvalue weighted by atomic mass is 10.4. The quantitative estimate of drug-likeness (QED) is 0.672. The zero-order valence-electron chi connectivity index (χ0n) is 5.07. The summed E-state index contributed by atoms with van der Waals surface area (Å²) in [6.07, 6.45) is 0. The van der Waals surface area contributed by atoms with E-state index in [0.717, 1.165) is 4.88 Å². The molecule has 0 radical (unpaired) electrons. The van der Waals surface area contributed by atoms with Gasteiger partial charge in [0.05, 0.1) is 0 Å². The van der Waals surface area contributed by atoms with Gasteiger partial charge >= 0.3 is 5.97 Å². The molecule has 1 rings (SSSR count). The van der Waals surface area contributed by atoms with Crippen LogP contribution in [0.15, 0.2) is 12.1 Å². The lowest BCUT2D eigenvalue weighted by molar-refractivity contribution is 0.0702. The van der Waals surface area contributed by atoms with E-state index in [4.69, 9.17) is 5.11 Å². The van der Waals surface area contributed by atoms with Crippen molar-refractivity contribution >= 4 is 29.9 Å². The second-order valence-electron chi connectivity index (χ2n) is 1.73. The van der Waals surface area contributed by atoms with Crippen LogP contribution < -0.4 is 0 Å². The average molecular weight is 174 g/mol. The van der Waals surface area contributed by atoms with E-state index < -0.39 is 5.97 Å². The predicted octanol–water partition coefficient (Wildman–Crippen LogP) is 1.88. The summed E-state index contributed by atoms with van der Waals surface area (Å²) in [4.78, 5) is 11.7. The highest BCUT2D eigenvalue weighted by Crippen LogP contribution is 2.17. The summed E-state index contributed by atoms with van der Waals surface area (Å²) in [5, 5.41) is 8.48. The van der Waals surface area contributed by atoms with Crippen LogP contribution in [-0.4, -0.2) is 11.1 Å². The van der Waals surface area contributed by atoms with E-state index in [2.05, 4.69) is 12.6 Å². The fourth-order valence-electron chi connectivity index (χ4n) is 0.578. The molecule has 0 amide bonds. The maximum atomic E-state index is 10.3. The van der Waals surface area contributed by atoms with Crippen molar-refractivity contribution in [1.82, 2.24) is 0 Å². The molecule has 0 aliphatic heterocycles. The number of carboxylic acids is 1. The maximum Gasteiger partial charge on any atom is 0.345 e. The van der Waals surface area contributed by atoms with Crippen molar-refractivity contribution in [3.63, 3.8) is 0 Å². The molecule has 0 spiro atoms. The van der Waals surface area contributed by atoms with Crippen LogP contribution in [0.25, 0.3) is 0 Å². The van der Waals surface area contributed by atoms with Gasteiger partial charge in [0.2, 0.25) is 0 Å². The van der Waals surface area contributed by atoms with E-state index in [1.54, 1.807) is 12.1 Å². The highest BCUT2D eigenvalue weighted by Gasteiger charge is 2.04. The van der Waals surface area contributed by atoms with Crippen molar-refractivity contribution < 1.29 is 9.90 Å². The molecule has 0 atom stereocenters. The van der Waals surface area contributed by atoms with Crippen LogP contribution in [0.5, 0.6) is 0 Å². The molecule has 0 aliphatic carbocycles. The third kappa shape index (κ3) is 1.52. The summed E-state index contributed by atoms with van der Waals surface area (Å²) < 4.78 is 0. The Hall–Kier alpha value is -0.480. The molecule has 0 saturated heterocycles. The van der Waals surface area contributed by atoms with Crippen molar-refractivity contribution in [2.24, 2.45) is 0 Å². The first-order valence-electron chi connectivity index (χ1n) is 2.67. The first-order chi connectivity index (χ1) is 4.74. The number of hydrogen-bond acceptors (Lipinski definition) is 3. The Morgan fingerprint density at radius 2 is 2.40 bits per heavy atom. The highest BCUT2D eigenvalue weighted by molar-refractivity contribution is 7.79. The van der Waals surface area contributed by atoms with E-state index >= 15 is 0 Å². The van der Waals surface area contributed by atoms with Crippen LogP contribution in [0.2, 0.25) is 0 Å². The molecule has 4 heteroatoms. The fourth-order valence-corrected chi connectivity index (χ4v) is 1.58. The number of carboxylic acid groups (broad SMARTS) is 1.